The van der Waals surface area contributed by atoms with Gasteiger partial charge in [-0.25, -0.2) is 0 Å². The number of pyridine rings is 1. The van der Waals surface area contributed by atoms with Gasteiger partial charge in [-0.2, -0.15) is 4.98 Å². The van der Waals surface area contributed by atoms with E-state index in [-0.39, 0.29) is 11.4 Å². The van der Waals surface area contributed by atoms with Crippen LogP contribution in [0.1, 0.15) is 17.0 Å². The average Bonchev–Trinajstić information content (AvgIpc) is 3.30. The Bertz CT molecular complexity index is 1400. The van der Waals surface area contributed by atoms with Crippen LogP contribution in [0.2, 0.25) is 0 Å². The van der Waals surface area contributed by atoms with E-state index in [4.69, 9.17) is 4.52 Å². The molecule has 3 aromatic heterocycles. The molecule has 138 valence electrons. The van der Waals surface area contributed by atoms with Crippen molar-refractivity contribution in [3.05, 3.63) is 80.5 Å². The number of aryl methyl sites for hydroxylation is 1. The van der Waals surface area contributed by atoms with Gasteiger partial charge in [0.2, 0.25) is 11.7 Å². The number of fused-ring (bicyclic) bond motifs is 2. The van der Waals surface area contributed by atoms with E-state index in [1.807, 2.05) is 30.5 Å². The van der Waals surface area contributed by atoms with Gasteiger partial charge in [0.25, 0.3) is 5.56 Å². The van der Waals surface area contributed by atoms with Gasteiger partial charge in [-0.1, -0.05) is 39.3 Å². The van der Waals surface area contributed by atoms with Crippen LogP contribution < -0.4 is 5.56 Å². The number of hydrogen-bond donors (Lipinski definition) is 2. The number of nitrogens with zero attached hydrogens (tertiary/aromatic N) is 2. The number of benzene rings is 2. The summed E-state index contributed by atoms with van der Waals surface area (Å²) in [5, 5.41) is 6.05. The highest BCUT2D eigenvalue weighted by atomic mass is 79.9. The summed E-state index contributed by atoms with van der Waals surface area (Å²) in [5.74, 6) is 0.750. The molecule has 6 nitrogen and oxygen atoms in total. The van der Waals surface area contributed by atoms with Gasteiger partial charge >= 0.3 is 0 Å². The number of nitrogens with one attached hydrogen (secondary N) is 2. The van der Waals surface area contributed by atoms with Crippen LogP contribution >= 0.6 is 15.9 Å². The molecule has 5 rings (SSSR count). The summed E-state index contributed by atoms with van der Waals surface area (Å²) in [7, 11) is 0. The van der Waals surface area contributed by atoms with Crippen molar-refractivity contribution >= 4 is 37.7 Å². The Balaban J connectivity index is 1.52. The van der Waals surface area contributed by atoms with Crippen molar-refractivity contribution in [2.24, 2.45) is 0 Å². The fraction of sp³-hybridized carbons (Fsp3) is 0.0952. The number of aromatic nitrogens is 4. The molecule has 0 bridgehead atoms. The molecule has 0 radical (unpaired) electrons. The van der Waals surface area contributed by atoms with Gasteiger partial charge < -0.3 is 14.5 Å². The maximum atomic E-state index is 12.5. The molecule has 0 spiro atoms. The van der Waals surface area contributed by atoms with E-state index in [1.54, 1.807) is 6.07 Å². The first-order valence-corrected chi connectivity index (χ1v) is 9.59. The number of rotatable bonds is 3. The van der Waals surface area contributed by atoms with E-state index >= 15 is 0 Å². The molecule has 0 fully saturated rings. The minimum Gasteiger partial charge on any atom is -0.361 e. The van der Waals surface area contributed by atoms with Crippen molar-refractivity contribution in [2.45, 2.75) is 13.3 Å². The van der Waals surface area contributed by atoms with Crippen LogP contribution in [-0.4, -0.2) is 20.1 Å². The lowest BCUT2D eigenvalue weighted by Gasteiger charge is -2.00. The van der Waals surface area contributed by atoms with Crippen LogP contribution in [0.25, 0.3) is 33.2 Å². The Morgan fingerprint density at radius 3 is 2.96 bits per heavy atom. The van der Waals surface area contributed by atoms with E-state index in [2.05, 4.69) is 55.1 Å². The van der Waals surface area contributed by atoms with Gasteiger partial charge in [-0.15, -0.1) is 0 Å². The Hall–Kier alpha value is -3.19. The van der Waals surface area contributed by atoms with Crippen LogP contribution in [-0.2, 0) is 6.42 Å². The fourth-order valence-corrected chi connectivity index (χ4v) is 3.83. The first-order chi connectivity index (χ1) is 13.6. The van der Waals surface area contributed by atoms with E-state index in [0.29, 0.717) is 17.9 Å². The molecule has 3 heterocycles. The largest absolute Gasteiger partial charge is 0.361 e. The second-order valence-electron chi connectivity index (χ2n) is 6.74. The molecule has 0 amide bonds. The molecule has 2 N–H and O–H groups in total. The van der Waals surface area contributed by atoms with Crippen LogP contribution in [0.15, 0.2) is 62.5 Å². The Morgan fingerprint density at radius 1 is 1.18 bits per heavy atom. The summed E-state index contributed by atoms with van der Waals surface area (Å²) in [6, 6.07) is 13.6. The van der Waals surface area contributed by atoms with Gasteiger partial charge in [0, 0.05) is 32.5 Å². The third kappa shape index (κ3) is 2.84. The first kappa shape index (κ1) is 16.9. The third-order valence-electron chi connectivity index (χ3n) is 4.87. The molecule has 0 atom stereocenters. The predicted molar refractivity (Wildman–Crippen MR) is 111 cm³/mol. The normalized spacial score (nSPS) is 11.5. The van der Waals surface area contributed by atoms with E-state index in [0.717, 1.165) is 31.8 Å². The zero-order valence-electron chi connectivity index (χ0n) is 14.9. The summed E-state index contributed by atoms with van der Waals surface area (Å²) in [5.41, 5.74) is 4.26. The number of H-pyrrole nitrogens is 2. The second-order valence-corrected chi connectivity index (χ2v) is 7.66. The fourth-order valence-electron chi connectivity index (χ4n) is 3.45. The number of halogens is 1. The first-order valence-electron chi connectivity index (χ1n) is 8.79. The Morgan fingerprint density at radius 2 is 2.07 bits per heavy atom. The number of aromatic amines is 2. The molecule has 2 aromatic carbocycles. The van der Waals surface area contributed by atoms with Crippen LogP contribution in [0.4, 0.5) is 0 Å². The van der Waals surface area contributed by atoms with Crippen LogP contribution in [0, 0.1) is 6.92 Å². The summed E-state index contributed by atoms with van der Waals surface area (Å²) in [6.45, 7) is 2.07. The Labute approximate surface area is 167 Å². The van der Waals surface area contributed by atoms with Crippen molar-refractivity contribution in [1.82, 2.24) is 20.1 Å². The van der Waals surface area contributed by atoms with E-state index in [9.17, 15) is 4.79 Å². The van der Waals surface area contributed by atoms with Gasteiger partial charge in [0.15, 0.2) is 0 Å². The molecule has 7 heteroatoms. The highest BCUT2D eigenvalue weighted by Crippen LogP contribution is 2.25. The molecule has 0 aliphatic heterocycles. The summed E-state index contributed by atoms with van der Waals surface area (Å²) >= 11 is 3.45. The minimum atomic E-state index is -0.245. The lowest BCUT2D eigenvalue weighted by Crippen LogP contribution is -2.09. The molecule has 28 heavy (non-hydrogen) atoms. The topological polar surface area (TPSA) is 87.6 Å². The van der Waals surface area contributed by atoms with Crippen molar-refractivity contribution in [2.75, 3.05) is 0 Å². The lowest BCUT2D eigenvalue weighted by molar-refractivity contribution is 0.386. The highest BCUT2D eigenvalue weighted by Gasteiger charge is 2.15. The summed E-state index contributed by atoms with van der Waals surface area (Å²) < 4.78 is 6.36. The average molecular weight is 435 g/mol. The molecule has 0 unspecified atom stereocenters. The maximum Gasteiger partial charge on any atom is 0.259 e. The van der Waals surface area contributed by atoms with E-state index in [1.165, 1.54) is 5.56 Å². The lowest BCUT2D eigenvalue weighted by atomic mass is 10.1. The third-order valence-corrected chi connectivity index (χ3v) is 5.36. The van der Waals surface area contributed by atoms with Crippen LogP contribution in [0.3, 0.4) is 0 Å². The predicted octanol–water partition coefficient (Wildman–Crippen LogP) is 4.72. The monoisotopic (exact) mass is 434 g/mol. The van der Waals surface area contributed by atoms with Crippen molar-refractivity contribution in [1.29, 1.82) is 0 Å². The van der Waals surface area contributed by atoms with Gasteiger partial charge in [0.05, 0.1) is 12.0 Å². The van der Waals surface area contributed by atoms with Gasteiger partial charge in [0.1, 0.15) is 0 Å². The van der Waals surface area contributed by atoms with Gasteiger partial charge in [-0.05, 0) is 42.3 Å². The van der Waals surface area contributed by atoms with Gasteiger partial charge in [-0.3, -0.25) is 4.79 Å². The molecular weight excluding hydrogens is 420 g/mol. The second kappa shape index (κ2) is 6.45. The number of hydrogen-bond acceptors (Lipinski definition) is 4. The van der Waals surface area contributed by atoms with Crippen molar-refractivity contribution < 1.29 is 4.52 Å². The van der Waals surface area contributed by atoms with Crippen molar-refractivity contribution in [3.63, 3.8) is 0 Å². The standard InChI is InChI=1S/C21H15BrN4O2/c1-11-3-2-4-15-13(10-23-19(11)15)9-18-25-20(26-28-18)16-8-12-7-14(22)5-6-17(12)24-21(16)27/h2-8,10,23H,9H2,1H3,(H,24,27). The Kier molecular flexibility index (Phi) is 3.91. The zero-order chi connectivity index (χ0) is 19.3. The van der Waals surface area contributed by atoms with Crippen LogP contribution in [0.5, 0.6) is 0 Å². The highest BCUT2D eigenvalue weighted by molar-refractivity contribution is 9.10. The quantitative estimate of drug-likeness (QED) is 0.429. The maximum absolute atomic E-state index is 12.5. The van der Waals surface area contributed by atoms with Crippen molar-refractivity contribution in [3.8, 4) is 11.4 Å². The summed E-state index contributed by atoms with van der Waals surface area (Å²) in [6.07, 6.45) is 2.45. The SMILES string of the molecule is Cc1cccc2c(Cc3nc(-c4cc5cc(Br)ccc5[nH]c4=O)no3)c[nH]c12. The smallest absolute Gasteiger partial charge is 0.259 e. The molecule has 0 saturated heterocycles. The molecule has 0 aliphatic carbocycles. The molecular formula is C21H15BrN4O2. The number of para-hydroxylation sites is 1. The molecule has 0 saturated carbocycles. The minimum absolute atomic E-state index is 0.245. The summed E-state index contributed by atoms with van der Waals surface area (Å²) in [4.78, 5) is 23.1. The zero-order valence-corrected chi connectivity index (χ0v) is 16.5. The molecule has 0 aliphatic rings. The molecule has 5 aromatic rings. The van der Waals surface area contributed by atoms with E-state index < -0.39 is 0 Å².